The van der Waals surface area contributed by atoms with Crippen molar-refractivity contribution in [2.24, 2.45) is 0 Å². The number of aromatic nitrogens is 1. The second-order valence-corrected chi connectivity index (χ2v) is 10.1. The molecular formula is C27H35NO2. The van der Waals surface area contributed by atoms with E-state index >= 15 is 0 Å². The lowest BCUT2D eigenvalue weighted by atomic mass is 9.77. The molecule has 1 aromatic carbocycles. The van der Waals surface area contributed by atoms with Crippen LogP contribution in [0.2, 0.25) is 0 Å². The molecule has 3 heteroatoms. The number of aryl methyl sites for hydroxylation is 1. The molecule has 3 aromatic rings. The van der Waals surface area contributed by atoms with Crippen molar-refractivity contribution in [2.75, 3.05) is 6.61 Å². The number of carbonyl (C=O) groups excluding carboxylic acids is 1. The molecule has 30 heavy (non-hydrogen) atoms. The molecule has 0 saturated carbocycles. The highest BCUT2D eigenvalue weighted by Crippen LogP contribution is 2.43. The lowest BCUT2D eigenvalue weighted by Gasteiger charge is -2.30. The predicted molar refractivity (Wildman–Crippen MR) is 126 cm³/mol. The molecule has 0 atom stereocenters. The maximum Gasteiger partial charge on any atom is 0.167 e. The third kappa shape index (κ3) is 4.03. The minimum absolute atomic E-state index is 0.0869. The maximum absolute atomic E-state index is 12.2. The van der Waals surface area contributed by atoms with Crippen LogP contribution >= 0.6 is 0 Å². The van der Waals surface area contributed by atoms with Crippen LogP contribution in [-0.2, 0) is 17.3 Å². The first-order valence-corrected chi connectivity index (χ1v) is 10.9. The van der Waals surface area contributed by atoms with Gasteiger partial charge in [-0.3, -0.25) is 4.79 Å². The summed E-state index contributed by atoms with van der Waals surface area (Å²) in [5, 5.41) is 0. The SMILES string of the molecule is CCOc1c(C(C)(C)C)cc(-c2cc3ccc(CC)cn3c2C=O)cc1C(C)(C)C. The summed E-state index contributed by atoms with van der Waals surface area (Å²) in [5.41, 5.74) is 7.16. The average molecular weight is 406 g/mol. The van der Waals surface area contributed by atoms with Crippen molar-refractivity contribution in [3.8, 4) is 16.9 Å². The van der Waals surface area contributed by atoms with Crippen molar-refractivity contribution in [1.82, 2.24) is 4.40 Å². The fourth-order valence-corrected chi connectivity index (χ4v) is 3.99. The highest BCUT2D eigenvalue weighted by atomic mass is 16.5. The van der Waals surface area contributed by atoms with Gasteiger partial charge in [-0.25, -0.2) is 0 Å². The molecule has 3 rings (SSSR count). The highest BCUT2D eigenvalue weighted by molar-refractivity contribution is 5.90. The number of benzene rings is 1. The van der Waals surface area contributed by atoms with Crippen LogP contribution in [0, 0.1) is 0 Å². The van der Waals surface area contributed by atoms with E-state index in [9.17, 15) is 4.79 Å². The summed E-state index contributed by atoms with van der Waals surface area (Å²) in [6.07, 6.45) is 3.99. The van der Waals surface area contributed by atoms with Crippen LogP contribution in [0.15, 0.2) is 36.5 Å². The maximum atomic E-state index is 12.2. The fraction of sp³-hybridized carbons (Fsp3) is 0.444. The summed E-state index contributed by atoms with van der Waals surface area (Å²) in [4.78, 5) is 12.2. The lowest BCUT2D eigenvalue weighted by Crippen LogP contribution is -2.20. The number of hydrogen-bond acceptors (Lipinski definition) is 2. The molecule has 160 valence electrons. The molecule has 0 aliphatic heterocycles. The van der Waals surface area contributed by atoms with Crippen molar-refractivity contribution in [2.45, 2.75) is 72.6 Å². The standard InChI is InChI=1S/C27H35NO2/c1-9-18-11-12-20-15-21(24(17-29)28(20)16-18)19-13-22(26(3,4)5)25(30-10-2)23(14-19)27(6,7)8/h11-17H,9-10H2,1-8H3. The second kappa shape index (κ2) is 7.94. The number of aldehydes is 1. The van der Waals surface area contributed by atoms with E-state index < -0.39 is 0 Å². The quantitative estimate of drug-likeness (QED) is 0.429. The number of pyridine rings is 1. The van der Waals surface area contributed by atoms with Gasteiger partial charge in [-0.1, -0.05) is 54.5 Å². The van der Waals surface area contributed by atoms with Gasteiger partial charge in [0.15, 0.2) is 6.29 Å². The minimum Gasteiger partial charge on any atom is -0.493 e. The normalized spacial score (nSPS) is 12.4. The summed E-state index contributed by atoms with van der Waals surface area (Å²) in [7, 11) is 0. The summed E-state index contributed by atoms with van der Waals surface area (Å²) in [5.74, 6) is 0.978. The molecule has 0 bridgehead atoms. The van der Waals surface area contributed by atoms with E-state index in [4.69, 9.17) is 4.74 Å². The Morgan fingerprint density at radius 2 is 1.53 bits per heavy atom. The zero-order valence-corrected chi connectivity index (χ0v) is 19.7. The van der Waals surface area contributed by atoms with E-state index in [1.807, 2.05) is 11.3 Å². The Morgan fingerprint density at radius 1 is 0.933 bits per heavy atom. The molecule has 0 radical (unpaired) electrons. The van der Waals surface area contributed by atoms with E-state index in [1.165, 1.54) is 16.7 Å². The van der Waals surface area contributed by atoms with E-state index in [0.717, 1.165) is 35.1 Å². The summed E-state index contributed by atoms with van der Waals surface area (Å²) < 4.78 is 8.20. The van der Waals surface area contributed by atoms with E-state index in [2.05, 4.69) is 85.0 Å². The first-order valence-electron chi connectivity index (χ1n) is 10.9. The molecule has 0 fully saturated rings. The van der Waals surface area contributed by atoms with Gasteiger partial charge in [0.2, 0.25) is 0 Å². The number of rotatable bonds is 5. The zero-order valence-electron chi connectivity index (χ0n) is 19.7. The van der Waals surface area contributed by atoms with Crippen LogP contribution in [0.3, 0.4) is 0 Å². The molecule has 2 heterocycles. The third-order valence-corrected chi connectivity index (χ3v) is 5.69. The molecule has 0 aliphatic carbocycles. The first-order chi connectivity index (χ1) is 14.0. The van der Waals surface area contributed by atoms with Crippen molar-refractivity contribution >= 4 is 11.8 Å². The van der Waals surface area contributed by atoms with Crippen LogP contribution in [-0.4, -0.2) is 17.3 Å². The first kappa shape index (κ1) is 22.1. The number of fused-ring (bicyclic) bond motifs is 1. The van der Waals surface area contributed by atoms with Crippen molar-refractivity contribution in [3.63, 3.8) is 0 Å². The molecule has 0 unspecified atom stereocenters. The van der Waals surface area contributed by atoms with E-state index in [0.29, 0.717) is 12.3 Å². The topological polar surface area (TPSA) is 30.7 Å². The minimum atomic E-state index is -0.0869. The van der Waals surface area contributed by atoms with Gasteiger partial charge in [-0.15, -0.1) is 0 Å². The van der Waals surface area contributed by atoms with E-state index in [1.54, 1.807) is 0 Å². The Labute approximate surface area is 181 Å². The molecule has 0 amide bonds. The molecule has 3 nitrogen and oxygen atoms in total. The molecular weight excluding hydrogens is 370 g/mol. The lowest BCUT2D eigenvalue weighted by molar-refractivity contribution is 0.111. The van der Waals surface area contributed by atoms with E-state index in [-0.39, 0.29) is 10.8 Å². The molecule has 0 N–H and O–H groups in total. The van der Waals surface area contributed by atoms with Gasteiger partial charge in [0, 0.05) is 28.4 Å². The Bertz CT molecular complexity index is 1040. The average Bonchev–Trinajstić information content (AvgIpc) is 3.04. The molecule has 0 saturated heterocycles. The van der Waals surface area contributed by atoms with Crippen molar-refractivity contribution in [1.29, 1.82) is 0 Å². The monoisotopic (exact) mass is 405 g/mol. The smallest absolute Gasteiger partial charge is 0.167 e. The fourth-order valence-electron chi connectivity index (χ4n) is 3.99. The summed E-state index contributed by atoms with van der Waals surface area (Å²) in [6.45, 7) is 18.1. The van der Waals surface area contributed by atoms with Gasteiger partial charge in [0.05, 0.1) is 12.3 Å². The molecule has 0 spiro atoms. The van der Waals surface area contributed by atoms with Gasteiger partial charge in [0.25, 0.3) is 0 Å². The van der Waals surface area contributed by atoms with Crippen molar-refractivity contribution < 1.29 is 9.53 Å². The van der Waals surface area contributed by atoms with Gasteiger partial charge >= 0.3 is 0 Å². The Kier molecular flexibility index (Phi) is 5.86. The van der Waals surface area contributed by atoms with Crippen LogP contribution in [0.5, 0.6) is 5.75 Å². The zero-order chi connectivity index (χ0) is 22.3. The number of ether oxygens (including phenoxy) is 1. The Balaban J connectivity index is 2.38. The second-order valence-electron chi connectivity index (χ2n) is 10.1. The van der Waals surface area contributed by atoms with Crippen LogP contribution in [0.4, 0.5) is 0 Å². The largest absolute Gasteiger partial charge is 0.493 e. The third-order valence-electron chi connectivity index (χ3n) is 5.69. The predicted octanol–water partition coefficient (Wildman–Crippen LogP) is 6.97. The van der Waals surface area contributed by atoms with Gasteiger partial charge in [-0.2, -0.15) is 0 Å². The van der Waals surface area contributed by atoms with Gasteiger partial charge in [-0.05, 0) is 59.6 Å². The Morgan fingerprint density at radius 3 is 2.00 bits per heavy atom. The summed E-state index contributed by atoms with van der Waals surface area (Å²) >= 11 is 0. The molecule has 0 aliphatic rings. The number of carbonyl (C=O) groups is 1. The van der Waals surface area contributed by atoms with Crippen LogP contribution in [0.1, 0.15) is 82.6 Å². The number of hydrogen-bond donors (Lipinski definition) is 0. The van der Waals surface area contributed by atoms with Crippen LogP contribution < -0.4 is 4.74 Å². The highest BCUT2D eigenvalue weighted by Gasteiger charge is 2.28. The van der Waals surface area contributed by atoms with Crippen molar-refractivity contribution in [3.05, 3.63) is 58.9 Å². The molecule has 2 aromatic heterocycles. The number of nitrogens with zero attached hydrogens (tertiary/aromatic N) is 1. The van der Waals surface area contributed by atoms with Crippen LogP contribution in [0.25, 0.3) is 16.6 Å². The Hall–Kier alpha value is -2.55. The van der Waals surface area contributed by atoms with Gasteiger partial charge in [0.1, 0.15) is 5.75 Å². The van der Waals surface area contributed by atoms with Gasteiger partial charge < -0.3 is 9.14 Å². The summed E-state index contributed by atoms with van der Waals surface area (Å²) in [6, 6.07) is 10.8.